The number of aryl methyl sites for hydroxylation is 4. The molecule has 0 bridgehead atoms. The van der Waals surface area contributed by atoms with E-state index in [0.717, 1.165) is 13.1 Å². The molecule has 0 saturated carbocycles. The average Bonchev–Trinajstić information content (AvgIpc) is 2.53. The molecular weight excluding hydrogens is 446 g/mol. The van der Waals surface area contributed by atoms with Crippen LogP contribution in [0.15, 0.2) is 49.1 Å². The van der Waals surface area contributed by atoms with Gasteiger partial charge in [-0.2, -0.15) is 0 Å². The molecule has 0 atom stereocenters. The number of hydrogen-bond donors (Lipinski definition) is 0. The van der Waals surface area contributed by atoms with Crippen LogP contribution in [0.3, 0.4) is 0 Å². The van der Waals surface area contributed by atoms with E-state index < -0.39 is 0 Å². The number of hydrogen-bond acceptors (Lipinski definition) is 0. The summed E-state index contributed by atoms with van der Waals surface area (Å²) < 4.78 is 4.48. The molecule has 4 heteroatoms. The topological polar surface area (TPSA) is 7.76 Å². The minimum Gasteiger partial charge on any atom is -0.205 e. The Kier molecular flexibility index (Phi) is 18.9. The van der Waals surface area contributed by atoms with Crippen LogP contribution in [-0.4, -0.2) is 0 Å². The molecule has 0 amide bonds. The van der Waals surface area contributed by atoms with Gasteiger partial charge < -0.3 is 0 Å². The van der Waals surface area contributed by atoms with E-state index in [2.05, 4.69) is 85.9 Å². The van der Waals surface area contributed by atoms with E-state index in [9.17, 15) is 0 Å². The van der Waals surface area contributed by atoms with Gasteiger partial charge in [-0.25, -0.2) is 9.13 Å². The fraction of sp³-hybridized carbons (Fsp3) is 0.500. The summed E-state index contributed by atoms with van der Waals surface area (Å²) in [5.41, 5.74) is 2.67. The van der Waals surface area contributed by atoms with E-state index in [4.69, 9.17) is 0 Å². The Labute approximate surface area is 199 Å². The Bertz CT molecular complexity index is 527. The second kappa shape index (κ2) is 16.9. The van der Waals surface area contributed by atoms with Gasteiger partial charge in [0, 0.05) is 102 Å². The van der Waals surface area contributed by atoms with Crippen LogP contribution in [-0.2, 0) is 78.5 Å². The molecule has 0 unspecified atom stereocenters. The van der Waals surface area contributed by atoms with Gasteiger partial charge in [-0.1, -0.05) is 26.7 Å². The number of unbranched alkanes of at least 4 members (excludes halogenated alkanes) is 2. The first kappa shape index (κ1) is 26.7. The summed E-state index contributed by atoms with van der Waals surface area (Å²) in [6.07, 6.45) is 13.7. The molecule has 24 heavy (non-hydrogen) atoms. The summed E-state index contributed by atoms with van der Waals surface area (Å²) in [4.78, 5) is 0. The monoisotopic (exact) mass is 478 g/mol. The number of pyridine rings is 2. The largest absolute Gasteiger partial charge is 0.205 e. The standard InChI is InChI=1S/2C10H16N.2Y/c1-3-4-7-11-8-5-10(2)6-9-11;1-3-4-7-11-8-5-6-10(2)9-11;;/h2*5-6,8-9H,3-4,7H2,1-2H3;;/q2*+1;;. The van der Waals surface area contributed by atoms with Crippen LogP contribution >= 0.6 is 0 Å². The maximum Gasteiger partial charge on any atom is 0.171 e. The molecule has 2 radical (unpaired) electrons. The molecule has 126 valence electrons. The van der Waals surface area contributed by atoms with Gasteiger partial charge in [-0.15, -0.1) is 0 Å². The first-order valence-corrected chi connectivity index (χ1v) is 8.57. The minimum atomic E-state index is 0. The normalized spacial score (nSPS) is 9.17. The molecule has 0 aliphatic rings. The molecule has 2 rings (SSSR count). The van der Waals surface area contributed by atoms with Gasteiger partial charge in [-0.3, -0.25) is 0 Å². The summed E-state index contributed by atoms with van der Waals surface area (Å²) >= 11 is 0. The van der Waals surface area contributed by atoms with Crippen LogP contribution in [0.25, 0.3) is 0 Å². The van der Waals surface area contributed by atoms with Crippen molar-refractivity contribution in [2.75, 3.05) is 0 Å². The Hall–Kier alpha value is 0.508. The van der Waals surface area contributed by atoms with Crippen molar-refractivity contribution in [3.8, 4) is 0 Å². The zero-order valence-electron chi connectivity index (χ0n) is 15.9. The Morgan fingerprint density at radius 1 is 0.708 bits per heavy atom. The van der Waals surface area contributed by atoms with Gasteiger partial charge in [0.05, 0.1) is 0 Å². The summed E-state index contributed by atoms with van der Waals surface area (Å²) in [6.45, 7) is 11.0. The SMILES string of the molecule is CCCC[n+]1ccc(C)cc1.CCCC[n+]1cccc(C)c1.[Y].[Y]. The van der Waals surface area contributed by atoms with Crippen molar-refractivity contribution >= 4 is 0 Å². The Balaban J connectivity index is 0. The van der Waals surface area contributed by atoms with E-state index >= 15 is 0 Å². The molecule has 0 saturated heterocycles. The van der Waals surface area contributed by atoms with E-state index in [0.29, 0.717) is 0 Å². The molecule has 0 spiro atoms. The predicted octanol–water partition coefficient (Wildman–Crippen LogP) is 4.16. The van der Waals surface area contributed by atoms with Gasteiger partial charge in [0.15, 0.2) is 24.8 Å². The van der Waals surface area contributed by atoms with Crippen LogP contribution < -0.4 is 9.13 Å². The fourth-order valence-corrected chi connectivity index (χ4v) is 2.15. The van der Waals surface area contributed by atoms with Gasteiger partial charge in [0.1, 0.15) is 13.1 Å². The molecule has 2 nitrogen and oxygen atoms in total. The molecule has 0 aromatic carbocycles. The molecule has 0 aliphatic carbocycles. The summed E-state index contributed by atoms with van der Waals surface area (Å²) in [5, 5.41) is 0. The summed E-state index contributed by atoms with van der Waals surface area (Å²) in [6, 6.07) is 8.53. The molecule has 2 aromatic heterocycles. The van der Waals surface area contributed by atoms with Crippen LogP contribution in [0.4, 0.5) is 0 Å². The quantitative estimate of drug-likeness (QED) is 0.552. The van der Waals surface area contributed by atoms with Crippen molar-refractivity contribution in [2.24, 2.45) is 0 Å². The molecule has 0 fully saturated rings. The van der Waals surface area contributed by atoms with Gasteiger partial charge in [0.25, 0.3) is 0 Å². The third-order valence-electron chi connectivity index (χ3n) is 3.60. The molecule has 2 aromatic rings. The first-order valence-electron chi connectivity index (χ1n) is 8.57. The Morgan fingerprint density at radius 3 is 1.75 bits per heavy atom. The van der Waals surface area contributed by atoms with Crippen molar-refractivity contribution < 1.29 is 74.6 Å². The number of rotatable bonds is 6. The molecule has 0 N–H and O–H groups in total. The van der Waals surface area contributed by atoms with Crippen molar-refractivity contribution in [3.05, 3.63) is 60.2 Å². The number of aromatic nitrogens is 2. The molecule has 2 heterocycles. The fourth-order valence-electron chi connectivity index (χ4n) is 2.15. The zero-order valence-corrected chi connectivity index (χ0v) is 21.6. The van der Waals surface area contributed by atoms with Crippen LogP contribution in [0.1, 0.15) is 50.7 Å². The second-order valence-corrected chi connectivity index (χ2v) is 5.94. The van der Waals surface area contributed by atoms with Crippen molar-refractivity contribution in [1.82, 2.24) is 0 Å². The summed E-state index contributed by atoms with van der Waals surface area (Å²) in [7, 11) is 0. The maximum atomic E-state index is 2.25. The number of nitrogens with zero attached hydrogens (tertiary/aromatic N) is 2. The van der Waals surface area contributed by atoms with Crippen LogP contribution in [0.2, 0.25) is 0 Å². The molecule has 0 aliphatic heterocycles. The van der Waals surface area contributed by atoms with Gasteiger partial charge in [0.2, 0.25) is 0 Å². The maximum absolute atomic E-state index is 2.25. The van der Waals surface area contributed by atoms with Crippen LogP contribution in [0, 0.1) is 13.8 Å². The first-order chi connectivity index (χ1) is 10.7. The van der Waals surface area contributed by atoms with Crippen molar-refractivity contribution in [2.45, 2.75) is 66.5 Å². The van der Waals surface area contributed by atoms with E-state index in [1.165, 1.54) is 36.8 Å². The average molecular weight is 478 g/mol. The van der Waals surface area contributed by atoms with Crippen molar-refractivity contribution in [1.29, 1.82) is 0 Å². The minimum absolute atomic E-state index is 0. The molecular formula is C20H32N2Y2+2. The smallest absolute Gasteiger partial charge is 0.171 e. The third kappa shape index (κ3) is 12.8. The van der Waals surface area contributed by atoms with Gasteiger partial charge in [-0.05, 0) is 25.5 Å². The van der Waals surface area contributed by atoms with E-state index in [-0.39, 0.29) is 65.4 Å². The van der Waals surface area contributed by atoms with Crippen LogP contribution in [0.5, 0.6) is 0 Å². The van der Waals surface area contributed by atoms with Crippen molar-refractivity contribution in [3.63, 3.8) is 0 Å². The van der Waals surface area contributed by atoms with E-state index in [1.807, 2.05) is 0 Å². The van der Waals surface area contributed by atoms with Gasteiger partial charge >= 0.3 is 0 Å². The zero-order chi connectivity index (χ0) is 16.2. The third-order valence-corrected chi connectivity index (χ3v) is 3.60. The Morgan fingerprint density at radius 2 is 1.25 bits per heavy atom. The predicted molar refractivity (Wildman–Crippen MR) is 92.6 cm³/mol. The van der Waals surface area contributed by atoms with E-state index in [1.54, 1.807) is 0 Å². The second-order valence-electron chi connectivity index (χ2n) is 5.94. The summed E-state index contributed by atoms with van der Waals surface area (Å²) in [5.74, 6) is 0.